The summed E-state index contributed by atoms with van der Waals surface area (Å²) in [5.41, 5.74) is 2.85. The number of phenols is 1. The zero-order valence-corrected chi connectivity index (χ0v) is 11.9. The molecule has 0 fully saturated rings. The molecule has 1 N–H and O–H groups in total. The van der Waals surface area contributed by atoms with E-state index in [0.717, 1.165) is 22.4 Å². The SMILES string of the molecule is Cc1ccc(OCc2cccc(O)c2)c(C#CCCl)c1. The van der Waals surface area contributed by atoms with Gasteiger partial charge in [-0.1, -0.05) is 30.0 Å². The Morgan fingerprint density at radius 3 is 2.80 bits per heavy atom. The first-order chi connectivity index (χ1) is 9.69. The maximum atomic E-state index is 9.42. The molecule has 0 aliphatic rings. The molecule has 0 saturated heterocycles. The van der Waals surface area contributed by atoms with Gasteiger partial charge in [-0.2, -0.15) is 0 Å². The fraction of sp³-hybridized carbons (Fsp3) is 0.176. The molecule has 0 aromatic heterocycles. The average molecular weight is 287 g/mol. The van der Waals surface area contributed by atoms with Crippen molar-refractivity contribution in [2.45, 2.75) is 13.5 Å². The number of hydrogen-bond donors (Lipinski definition) is 1. The standard InChI is InChI=1S/C17H15ClO2/c1-13-7-8-17(15(10-13)5-3-9-18)20-12-14-4-2-6-16(19)11-14/h2,4,6-8,10-11,19H,9,12H2,1H3. The van der Waals surface area contributed by atoms with Crippen molar-refractivity contribution in [3.8, 4) is 23.3 Å². The molecule has 2 rings (SSSR count). The van der Waals surface area contributed by atoms with Crippen molar-refractivity contribution in [2.24, 2.45) is 0 Å². The van der Waals surface area contributed by atoms with Crippen molar-refractivity contribution in [3.63, 3.8) is 0 Å². The number of alkyl halides is 1. The van der Waals surface area contributed by atoms with E-state index < -0.39 is 0 Å². The second-order valence-corrected chi connectivity index (χ2v) is 4.66. The number of phenolic OH excluding ortho intramolecular Hbond substituents is 1. The monoisotopic (exact) mass is 286 g/mol. The molecule has 2 nitrogen and oxygen atoms in total. The average Bonchev–Trinajstić information content (AvgIpc) is 2.44. The summed E-state index contributed by atoms with van der Waals surface area (Å²) in [6.45, 7) is 2.39. The Bertz CT molecular complexity index is 654. The summed E-state index contributed by atoms with van der Waals surface area (Å²) in [5.74, 6) is 7.07. The number of benzene rings is 2. The quantitative estimate of drug-likeness (QED) is 0.685. The maximum absolute atomic E-state index is 9.42. The van der Waals surface area contributed by atoms with Crippen LogP contribution in [0.5, 0.6) is 11.5 Å². The summed E-state index contributed by atoms with van der Waals surface area (Å²) in [7, 11) is 0. The first kappa shape index (κ1) is 14.3. The Balaban J connectivity index is 2.16. The Morgan fingerprint density at radius 2 is 2.05 bits per heavy atom. The van der Waals surface area contributed by atoms with Crippen LogP contribution in [-0.4, -0.2) is 11.0 Å². The third-order valence-corrected chi connectivity index (χ3v) is 2.86. The molecule has 0 atom stereocenters. The van der Waals surface area contributed by atoms with E-state index in [1.54, 1.807) is 18.2 Å². The van der Waals surface area contributed by atoms with E-state index in [2.05, 4.69) is 11.8 Å². The summed E-state index contributed by atoms with van der Waals surface area (Å²) in [4.78, 5) is 0. The lowest BCUT2D eigenvalue weighted by atomic mass is 10.1. The molecule has 0 unspecified atom stereocenters. The molecule has 0 aliphatic carbocycles. The van der Waals surface area contributed by atoms with Gasteiger partial charge in [0.05, 0.1) is 11.4 Å². The van der Waals surface area contributed by atoms with Gasteiger partial charge >= 0.3 is 0 Å². The Labute approximate surface area is 124 Å². The fourth-order valence-corrected chi connectivity index (χ4v) is 1.87. The van der Waals surface area contributed by atoms with Gasteiger partial charge in [-0.05, 0) is 42.3 Å². The van der Waals surface area contributed by atoms with E-state index in [4.69, 9.17) is 16.3 Å². The molecule has 102 valence electrons. The molecule has 0 spiro atoms. The van der Waals surface area contributed by atoms with Crippen LogP contribution in [0.3, 0.4) is 0 Å². The number of hydrogen-bond acceptors (Lipinski definition) is 2. The van der Waals surface area contributed by atoms with Gasteiger partial charge in [0.1, 0.15) is 18.1 Å². The maximum Gasteiger partial charge on any atom is 0.135 e. The smallest absolute Gasteiger partial charge is 0.135 e. The van der Waals surface area contributed by atoms with Gasteiger partial charge < -0.3 is 9.84 Å². The molecular formula is C17H15ClO2. The van der Waals surface area contributed by atoms with E-state index in [9.17, 15) is 5.11 Å². The van der Waals surface area contributed by atoms with Crippen LogP contribution in [0.15, 0.2) is 42.5 Å². The highest BCUT2D eigenvalue weighted by Gasteiger charge is 2.03. The van der Waals surface area contributed by atoms with E-state index in [-0.39, 0.29) is 5.75 Å². The number of halogens is 1. The fourth-order valence-electron chi connectivity index (χ4n) is 1.80. The van der Waals surface area contributed by atoms with Gasteiger partial charge in [0.25, 0.3) is 0 Å². The van der Waals surface area contributed by atoms with E-state index in [1.165, 1.54) is 0 Å². The van der Waals surface area contributed by atoms with Crippen LogP contribution in [-0.2, 0) is 6.61 Å². The molecule has 2 aromatic carbocycles. The Kier molecular flexibility index (Phi) is 4.92. The van der Waals surface area contributed by atoms with Gasteiger partial charge in [-0.3, -0.25) is 0 Å². The molecule has 0 heterocycles. The van der Waals surface area contributed by atoms with Crippen molar-refractivity contribution < 1.29 is 9.84 Å². The highest BCUT2D eigenvalue weighted by atomic mass is 35.5. The molecule has 0 aliphatic heterocycles. The lowest BCUT2D eigenvalue weighted by Crippen LogP contribution is -1.97. The first-order valence-corrected chi connectivity index (χ1v) is 6.78. The van der Waals surface area contributed by atoms with Crippen molar-refractivity contribution >= 4 is 11.6 Å². The van der Waals surface area contributed by atoms with Gasteiger partial charge in [-0.15, -0.1) is 11.6 Å². The summed E-state index contributed by atoms with van der Waals surface area (Å²) in [6.07, 6.45) is 0. The van der Waals surface area contributed by atoms with E-state index in [1.807, 2.05) is 31.2 Å². The minimum absolute atomic E-state index is 0.233. The third-order valence-electron chi connectivity index (χ3n) is 2.73. The molecule has 0 bridgehead atoms. The van der Waals surface area contributed by atoms with Crippen molar-refractivity contribution in [3.05, 3.63) is 59.2 Å². The van der Waals surface area contributed by atoms with E-state index in [0.29, 0.717) is 12.5 Å². The van der Waals surface area contributed by atoms with E-state index >= 15 is 0 Å². The number of aromatic hydroxyl groups is 1. The Morgan fingerprint density at radius 1 is 1.20 bits per heavy atom. The summed E-state index contributed by atoms with van der Waals surface area (Å²) in [6, 6.07) is 12.8. The van der Waals surface area contributed by atoms with Crippen LogP contribution >= 0.6 is 11.6 Å². The predicted octanol–water partition coefficient (Wildman–Crippen LogP) is 3.87. The van der Waals surface area contributed by atoms with Crippen LogP contribution in [0, 0.1) is 18.8 Å². The zero-order chi connectivity index (χ0) is 14.4. The van der Waals surface area contributed by atoms with Gasteiger partial charge in [0.15, 0.2) is 0 Å². The minimum Gasteiger partial charge on any atom is -0.508 e. The summed E-state index contributed by atoms with van der Waals surface area (Å²) < 4.78 is 5.77. The molecule has 0 amide bonds. The largest absolute Gasteiger partial charge is 0.508 e. The lowest BCUT2D eigenvalue weighted by molar-refractivity contribution is 0.304. The summed E-state index contributed by atoms with van der Waals surface area (Å²) >= 11 is 5.59. The lowest BCUT2D eigenvalue weighted by Gasteiger charge is -2.09. The second-order valence-electron chi connectivity index (χ2n) is 4.39. The predicted molar refractivity (Wildman–Crippen MR) is 81.2 cm³/mol. The van der Waals surface area contributed by atoms with Gasteiger partial charge in [0.2, 0.25) is 0 Å². The van der Waals surface area contributed by atoms with Crippen LogP contribution in [0.4, 0.5) is 0 Å². The molecule has 3 heteroatoms. The minimum atomic E-state index is 0.233. The molecule has 0 saturated carbocycles. The topological polar surface area (TPSA) is 29.5 Å². The number of aryl methyl sites for hydroxylation is 1. The van der Waals surface area contributed by atoms with Crippen molar-refractivity contribution in [1.82, 2.24) is 0 Å². The van der Waals surface area contributed by atoms with Crippen molar-refractivity contribution in [1.29, 1.82) is 0 Å². The molecule has 0 radical (unpaired) electrons. The first-order valence-electron chi connectivity index (χ1n) is 6.25. The van der Waals surface area contributed by atoms with Crippen LogP contribution in [0.2, 0.25) is 0 Å². The van der Waals surface area contributed by atoms with Gasteiger partial charge in [-0.25, -0.2) is 0 Å². The molecule has 20 heavy (non-hydrogen) atoms. The zero-order valence-electron chi connectivity index (χ0n) is 11.2. The van der Waals surface area contributed by atoms with Crippen molar-refractivity contribution in [2.75, 3.05) is 5.88 Å². The Hall–Kier alpha value is -2.11. The number of rotatable bonds is 3. The second kappa shape index (κ2) is 6.88. The molecular weight excluding hydrogens is 272 g/mol. The highest BCUT2D eigenvalue weighted by Crippen LogP contribution is 2.21. The summed E-state index contributed by atoms with van der Waals surface area (Å²) in [5, 5.41) is 9.42. The van der Waals surface area contributed by atoms with Gasteiger partial charge in [0, 0.05) is 0 Å². The molecule has 2 aromatic rings. The third kappa shape index (κ3) is 3.94. The van der Waals surface area contributed by atoms with Crippen LogP contribution < -0.4 is 4.74 Å². The normalized spacial score (nSPS) is 9.70. The number of ether oxygens (including phenoxy) is 1. The highest BCUT2D eigenvalue weighted by molar-refractivity contribution is 6.19. The van der Waals surface area contributed by atoms with Crippen LogP contribution in [0.1, 0.15) is 16.7 Å². The van der Waals surface area contributed by atoms with Crippen LogP contribution in [0.25, 0.3) is 0 Å².